The minimum atomic E-state index is -0.0798. The number of hydrogen-bond acceptors (Lipinski definition) is 3. The number of nitrogens with one attached hydrogen (secondary N) is 2. The smallest absolute Gasteiger partial charge is 0.220 e. The molecule has 1 saturated heterocycles. The number of carbonyl (C=O) groups excluding carboxylic acids is 1. The third kappa shape index (κ3) is 4.77. The summed E-state index contributed by atoms with van der Waals surface area (Å²) >= 11 is 0. The standard InChI is InChI=1S/C26H33N3O2/c1-3-19-9-8-11-21-23(18-28-26(19)21)22(20-10-4-5-12-24(20)31-2)17-25(30)27-13-16-29-14-6-7-15-29/h4-5,8-12,18,22,28H,3,6-7,13-17H2,1-2H3,(H,27,30). The number of aryl methyl sites for hydroxylation is 1. The number of likely N-dealkylation sites (tertiary alicyclic amines) is 1. The van der Waals surface area contributed by atoms with E-state index in [1.807, 2.05) is 18.2 Å². The highest BCUT2D eigenvalue weighted by Gasteiger charge is 2.24. The van der Waals surface area contributed by atoms with Crippen LogP contribution in [0, 0.1) is 0 Å². The number of H-pyrrole nitrogens is 1. The number of aromatic amines is 1. The van der Waals surface area contributed by atoms with Gasteiger partial charge in [-0.1, -0.05) is 43.3 Å². The number of fused-ring (bicyclic) bond motifs is 1. The van der Waals surface area contributed by atoms with Gasteiger partial charge in [-0.25, -0.2) is 0 Å². The normalized spacial score (nSPS) is 15.3. The lowest BCUT2D eigenvalue weighted by Crippen LogP contribution is -2.34. The lowest BCUT2D eigenvalue weighted by molar-refractivity contribution is -0.121. The van der Waals surface area contributed by atoms with Crippen LogP contribution in [0.1, 0.15) is 48.8 Å². The van der Waals surface area contributed by atoms with Crippen molar-refractivity contribution in [3.63, 3.8) is 0 Å². The molecule has 1 amide bonds. The second-order valence-electron chi connectivity index (χ2n) is 8.33. The molecule has 3 aromatic rings. The lowest BCUT2D eigenvalue weighted by atomic mass is 9.87. The van der Waals surface area contributed by atoms with Gasteiger partial charge in [0.1, 0.15) is 5.75 Å². The molecule has 164 valence electrons. The summed E-state index contributed by atoms with van der Waals surface area (Å²) in [6.45, 7) is 6.09. The molecule has 2 N–H and O–H groups in total. The Morgan fingerprint density at radius 2 is 1.94 bits per heavy atom. The van der Waals surface area contributed by atoms with E-state index < -0.39 is 0 Å². The SMILES string of the molecule is CCc1cccc2c(C(CC(=O)NCCN3CCCC3)c3ccccc3OC)c[nH]c12. The molecule has 1 unspecified atom stereocenters. The van der Waals surface area contributed by atoms with Crippen LogP contribution in [0.15, 0.2) is 48.7 Å². The summed E-state index contributed by atoms with van der Waals surface area (Å²) in [4.78, 5) is 18.9. The number of aromatic nitrogens is 1. The zero-order valence-electron chi connectivity index (χ0n) is 18.6. The zero-order chi connectivity index (χ0) is 21.6. The van der Waals surface area contributed by atoms with Gasteiger partial charge in [0.15, 0.2) is 0 Å². The molecule has 0 saturated carbocycles. The second-order valence-corrected chi connectivity index (χ2v) is 8.33. The molecule has 1 aliphatic heterocycles. The summed E-state index contributed by atoms with van der Waals surface area (Å²) < 4.78 is 5.66. The Hall–Kier alpha value is -2.79. The van der Waals surface area contributed by atoms with Crippen molar-refractivity contribution < 1.29 is 9.53 Å². The lowest BCUT2D eigenvalue weighted by Gasteiger charge is -2.20. The van der Waals surface area contributed by atoms with Gasteiger partial charge in [0.2, 0.25) is 5.91 Å². The molecule has 0 aliphatic carbocycles. The fourth-order valence-electron chi connectivity index (χ4n) is 4.78. The van der Waals surface area contributed by atoms with Crippen molar-refractivity contribution in [1.82, 2.24) is 15.2 Å². The molecular weight excluding hydrogens is 386 g/mol. The van der Waals surface area contributed by atoms with Gasteiger partial charge in [0, 0.05) is 48.1 Å². The number of amides is 1. The Bertz CT molecular complexity index is 1020. The Balaban J connectivity index is 1.60. The molecule has 0 bridgehead atoms. The highest BCUT2D eigenvalue weighted by atomic mass is 16.5. The fraction of sp³-hybridized carbons (Fsp3) is 0.423. The van der Waals surface area contributed by atoms with Gasteiger partial charge in [-0.05, 0) is 49.5 Å². The molecule has 1 atom stereocenters. The third-order valence-electron chi connectivity index (χ3n) is 6.44. The Morgan fingerprint density at radius 1 is 1.13 bits per heavy atom. The van der Waals surface area contributed by atoms with Crippen molar-refractivity contribution in [2.45, 2.75) is 38.5 Å². The number of methoxy groups -OCH3 is 1. The first-order valence-electron chi connectivity index (χ1n) is 11.4. The number of nitrogens with zero attached hydrogens (tertiary/aromatic N) is 1. The molecule has 5 nitrogen and oxygen atoms in total. The van der Waals surface area contributed by atoms with E-state index in [4.69, 9.17) is 4.74 Å². The first-order valence-corrected chi connectivity index (χ1v) is 11.4. The van der Waals surface area contributed by atoms with Crippen LogP contribution in [0.2, 0.25) is 0 Å². The number of para-hydroxylation sites is 2. The van der Waals surface area contributed by atoms with Gasteiger partial charge in [-0.15, -0.1) is 0 Å². The van der Waals surface area contributed by atoms with E-state index in [-0.39, 0.29) is 11.8 Å². The summed E-state index contributed by atoms with van der Waals surface area (Å²) in [7, 11) is 1.69. The molecular formula is C26H33N3O2. The number of hydrogen-bond donors (Lipinski definition) is 2. The van der Waals surface area contributed by atoms with E-state index in [0.29, 0.717) is 13.0 Å². The van der Waals surface area contributed by atoms with Crippen LogP contribution >= 0.6 is 0 Å². The van der Waals surface area contributed by atoms with Gasteiger partial charge >= 0.3 is 0 Å². The first-order chi connectivity index (χ1) is 15.2. The van der Waals surface area contributed by atoms with Crippen LogP contribution in [0.25, 0.3) is 10.9 Å². The molecule has 0 spiro atoms. The number of ether oxygens (including phenoxy) is 1. The van der Waals surface area contributed by atoms with Crippen LogP contribution in [0.5, 0.6) is 5.75 Å². The minimum Gasteiger partial charge on any atom is -0.496 e. The maximum Gasteiger partial charge on any atom is 0.220 e. The fourth-order valence-corrected chi connectivity index (χ4v) is 4.78. The highest BCUT2D eigenvalue weighted by Crippen LogP contribution is 2.38. The predicted octanol–water partition coefficient (Wildman–Crippen LogP) is 4.47. The van der Waals surface area contributed by atoms with Gasteiger partial charge in [-0.2, -0.15) is 0 Å². The number of rotatable bonds is 9. The highest BCUT2D eigenvalue weighted by molar-refractivity contribution is 5.88. The van der Waals surface area contributed by atoms with Crippen molar-refractivity contribution in [3.05, 3.63) is 65.4 Å². The molecule has 1 fully saturated rings. The monoisotopic (exact) mass is 419 g/mol. The Kier molecular flexibility index (Phi) is 6.92. The summed E-state index contributed by atoms with van der Waals surface area (Å²) in [5, 5.41) is 4.33. The molecule has 2 aromatic carbocycles. The molecule has 0 radical (unpaired) electrons. The van der Waals surface area contributed by atoms with E-state index in [9.17, 15) is 4.79 Å². The third-order valence-corrected chi connectivity index (χ3v) is 6.44. The maximum atomic E-state index is 13.0. The van der Waals surface area contributed by atoms with Crippen LogP contribution in [-0.2, 0) is 11.2 Å². The van der Waals surface area contributed by atoms with E-state index in [2.05, 4.69) is 52.6 Å². The molecule has 5 heteroatoms. The van der Waals surface area contributed by atoms with E-state index in [1.54, 1.807) is 7.11 Å². The van der Waals surface area contributed by atoms with Crippen molar-refractivity contribution in [2.75, 3.05) is 33.3 Å². The number of benzene rings is 2. The van der Waals surface area contributed by atoms with Crippen LogP contribution in [0.3, 0.4) is 0 Å². The van der Waals surface area contributed by atoms with Crippen molar-refractivity contribution >= 4 is 16.8 Å². The first kappa shape index (κ1) is 21.4. The van der Waals surface area contributed by atoms with Crippen molar-refractivity contribution in [3.8, 4) is 5.75 Å². The zero-order valence-corrected chi connectivity index (χ0v) is 18.6. The predicted molar refractivity (Wildman–Crippen MR) is 126 cm³/mol. The molecule has 1 aromatic heterocycles. The summed E-state index contributed by atoms with van der Waals surface area (Å²) in [6.07, 6.45) is 5.96. The van der Waals surface area contributed by atoms with E-state index in [0.717, 1.165) is 48.4 Å². The minimum absolute atomic E-state index is 0.0797. The quantitative estimate of drug-likeness (QED) is 0.538. The van der Waals surface area contributed by atoms with Gasteiger partial charge in [0.05, 0.1) is 7.11 Å². The largest absolute Gasteiger partial charge is 0.496 e. The van der Waals surface area contributed by atoms with Crippen LogP contribution < -0.4 is 10.1 Å². The van der Waals surface area contributed by atoms with Crippen LogP contribution in [-0.4, -0.2) is 49.1 Å². The van der Waals surface area contributed by atoms with Crippen LogP contribution in [0.4, 0.5) is 0 Å². The molecule has 1 aliphatic rings. The molecule has 2 heterocycles. The summed E-state index contributed by atoms with van der Waals surface area (Å²) in [5.41, 5.74) is 4.64. The maximum absolute atomic E-state index is 13.0. The van der Waals surface area contributed by atoms with Gasteiger partial charge < -0.3 is 19.9 Å². The molecule has 31 heavy (non-hydrogen) atoms. The molecule has 4 rings (SSSR count). The van der Waals surface area contributed by atoms with Gasteiger partial charge in [-0.3, -0.25) is 4.79 Å². The van der Waals surface area contributed by atoms with Gasteiger partial charge in [0.25, 0.3) is 0 Å². The van der Waals surface area contributed by atoms with Crippen molar-refractivity contribution in [2.24, 2.45) is 0 Å². The average molecular weight is 420 g/mol. The number of carbonyl (C=O) groups is 1. The topological polar surface area (TPSA) is 57.4 Å². The summed E-state index contributed by atoms with van der Waals surface area (Å²) in [5.74, 6) is 0.818. The van der Waals surface area contributed by atoms with E-state index in [1.165, 1.54) is 23.8 Å². The van der Waals surface area contributed by atoms with E-state index >= 15 is 0 Å². The summed E-state index contributed by atoms with van der Waals surface area (Å²) in [6, 6.07) is 14.4. The average Bonchev–Trinajstić information content (AvgIpc) is 3.47. The van der Waals surface area contributed by atoms with Crippen molar-refractivity contribution in [1.29, 1.82) is 0 Å². The Morgan fingerprint density at radius 3 is 2.71 bits per heavy atom. The Labute approximate surface area is 184 Å². The second kappa shape index (κ2) is 10.0.